The van der Waals surface area contributed by atoms with E-state index in [1.165, 1.54) is 0 Å². The van der Waals surface area contributed by atoms with Crippen molar-refractivity contribution in [1.29, 1.82) is 0 Å². The van der Waals surface area contributed by atoms with E-state index in [1.807, 2.05) is 0 Å². The molecule has 0 aliphatic carbocycles. The molecule has 2 heterocycles. The number of amides is 1. The number of fused-ring (bicyclic) bond motifs is 1. The Kier molecular flexibility index (Phi) is 4.15. The smallest absolute Gasteiger partial charge is 0.275 e. The average Bonchev–Trinajstić information content (AvgIpc) is 2.77. The standard InChI is InChI=1S/C13H16N4O2.ClH/c14-12(18)9-2-1-3-10-11(9)13(19)17(16-10)8-4-6-15-7-5-8;/h1-3,8,15-16H,4-7H2,(H2,14,18);1H. The van der Waals surface area contributed by atoms with Crippen molar-refractivity contribution in [3.63, 3.8) is 0 Å². The molecule has 0 bridgehead atoms. The normalized spacial score (nSPS) is 16.0. The monoisotopic (exact) mass is 296 g/mol. The molecule has 0 radical (unpaired) electrons. The number of primary amides is 1. The Morgan fingerprint density at radius 1 is 1.30 bits per heavy atom. The molecule has 1 aliphatic heterocycles. The van der Waals surface area contributed by atoms with Crippen LogP contribution in [0.4, 0.5) is 0 Å². The van der Waals surface area contributed by atoms with Gasteiger partial charge >= 0.3 is 0 Å². The topological polar surface area (TPSA) is 92.9 Å². The fraction of sp³-hybridized carbons (Fsp3) is 0.385. The second-order valence-electron chi connectivity index (χ2n) is 4.86. The van der Waals surface area contributed by atoms with E-state index in [4.69, 9.17) is 5.73 Å². The Labute approximate surface area is 121 Å². The number of aromatic nitrogens is 2. The van der Waals surface area contributed by atoms with Crippen molar-refractivity contribution in [3.05, 3.63) is 34.1 Å². The van der Waals surface area contributed by atoms with Gasteiger partial charge in [0.1, 0.15) is 0 Å². The molecular formula is C13H17ClN4O2. The number of nitrogens with zero attached hydrogens (tertiary/aromatic N) is 1. The van der Waals surface area contributed by atoms with Crippen LogP contribution in [0, 0.1) is 0 Å². The summed E-state index contributed by atoms with van der Waals surface area (Å²) >= 11 is 0. The molecule has 0 atom stereocenters. The van der Waals surface area contributed by atoms with E-state index >= 15 is 0 Å². The summed E-state index contributed by atoms with van der Waals surface area (Å²) in [6.45, 7) is 1.80. The number of nitrogens with one attached hydrogen (secondary N) is 2. The lowest BCUT2D eigenvalue weighted by atomic mass is 10.1. The van der Waals surface area contributed by atoms with Crippen LogP contribution in [0.25, 0.3) is 10.9 Å². The number of hydrogen-bond donors (Lipinski definition) is 3. The summed E-state index contributed by atoms with van der Waals surface area (Å²) in [7, 11) is 0. The van der Waals surface area contributed by atoms with Crippen molar-refractivity contribution in [2.45, 2.75) is 18.9 Å². The second-order valence-corrected chi connectivity index (χ2v) is 4.86. The SMILES string of the molecule is Cl.NC(=O)c1cccc2[nH]n(C3CCNCC3)c(=O)c12. The Hall–Kier alpha value is -1.79. The minimum absolute atomic E-state index is 0. The van der Waals surface area contributed by atoms with Crippen LogP contribution in [0.2, 0.25) is 0 Å². The first-order chi connectivity index (χ1) is 9.18. The van der Waals surface area contributed by atoms with Crippen molar-refractivity contribution in [1.82, 2.24) is 15.1 Å². The van der Waals surface area contributed by atoms with E-state index in [0.29, 0.717) is 10.9 Å². The van der Waals surface area contributed by atoms with Crippen LogP contribution in [-0.4, -0.2) is 28.8 Å². The van der Waals surface area contributed by atoms with Gasteiger partial charge in [-0.3, -0.25) is 14.7 Å². The average molecular weight is 297 g/mol. The summed E-state index contributed by atoms with van der Waals surface area (Å²) in [4.78, 5) is 23.9. The summed E-state index contributed by atoms with van der Waals surface area (Å²) < 4.78 is 1.64. The quantitative estimate of drug-likeness (QED) is 0.764. The first-order valence-corrected chi connectivity index (χ1v) is 6.42. The zero-order valence-corrected chi connectivity index (χ0v) is 11.7. The van der Waals surface area contributed by atoms with Gasteiger partial charge in [-0.15, -0.1) is 12.4 Å². The lowest BCUT2D eigenvalue weighted by Crippen LogP contribution is -2.33. The molecule has 20 heavy (non-hydrogen) atoms. The van der Waals surface area contributed by atoms with Crippen molar-refractivity contribution in [3.8, 4) is 0 Å². The zero-order valence-electron chi connectivity index (χ0n) is 10.9. The molecular weight excluding hydrogens is 280 g/mol. The molecule has 1 saturated heterocycles. The molecule has 2 aromatic rings. The van der Waals surface area contributed by atoms with Gasteiger partial charge in [0.2, 0.25) is 5.91 Å². The number of benzene rings is 1. The molecule has 0 saturated carbocycles. The number of aromatic amines is 1. The second kappa shape index (κ2) is 5.68. The van der Waals surface area contributed by atoms with Crippen LogP contribution >= 0.6 is 12.4 Å². The van der Waals surface area contributed by atoms with Crippen LogP contribution in [0.1, 0.15) is 29.2 Å². The predicted octanol–water partition coefficient (Wildman–Crippen LogP) is 0.775. The number of H-pyrrole nitrogens is 1. The Bertz CT molecular complexity index is 685. The van der Waals surface area contributed by atoms with E-state index in [0.717, 1.165) is 25.9 Å². The third-order valence-corrected chi connectivity index (χ3v) is 3.68. The van der Waals surface area contributed by atoms with Gasteiger partial charge in [-0.05, 0) is 38.1 Å². The highest BCUT2D eigenvalue weighted by molar-refractivity contribution is 6.05. The van der Waals surface area contributed by atoms with Gasteiger partial charge in [0.05, 0.1) is 22.5 Å². The number of nitrogens with two attached hydrogens (primary N) is 1. The van der Waals surface area contributed by atoms with Crippen molar-refractivity contribution >= 4 is 29.2 Å². The Morgan fingerprint density at radius 3 is 2.65 bits per heavy atom. The molecule has 1 aromatic heterocycles. The van der Waals surface area contributed by atoms with Gasteiger partial charge < -0.3 is 11.1 Å². The Morgan fingerprint density at radius 2 is 2.00 bits per heavy atom. The third kappa shape index (κ3) is 2.32. The van der Waals surface area contributed by atoms with Gasteiger partial charge in [-0.2, -0.15) is 0 Å². The third-order valence-electron chi connectivity index (χ3n) is 3.68. The molecule has 1 amide bonds. The molecule has 0 unspecified atom stereocenters. The summed E-state index contributed by atoms with van der Waals surface area (Å²) in [5.41, 5.74) is 6.12. The highest BCUT2D eigenvalue weighted by Gasteiger charge is 2.21. The first kappa shape index (κ1) is 14.6. The van der Waals surface area contributed by atoms with Gasteiger partial charge in [-0.25, -0.2) is 4.68 Å². The minimum Gasteiger partial charge on any atom is -0.366 e. The van der Waals surface area contributed by atoms with Gasteiger partial charge in [-0.1, -0.05) is 6.07 Å². The number of carbonyl (C=O) groups is 1. The fourth-order valence-electron chi connectivity index (χ4n) is 2.70. The van der Waals surface area contributed by atoms with Crippen LogP contribution in [0.5, 0.6) is 0 Å². The van der Waals surface area contributed by atoms with E-state index in [-0.39, 0.29) is 29.6 Å². The highest BCUT2D eigenvalue weighted by Crippen LogP contribution is 2.19. The maximum Gasteiger partial charge on any atom is 0.275 e. The Balaban J connectivity index is 0.00000147. The molecule has 7 heteroatoms. The molecule has 6 nitrogen and oxygen atoms in total. The van der Waals surface area contributed by atoms with E-state index in [1.54, 1.807) is 22.9 Å². The summed E-state index contributed by atoms with van der Waals surface area (Å²) in [5.74, 6) is -0.570. The van der Waals surface area contributed by atoms with Gasteiger partial charge in [0, 0.05) is 0 Å². The van der Waals surface area contributed by atoms with E-state index in [9.17, 15) is 9.59 Å². The molecule has 4 N–H and O–H groups in total. The summed E-state index contributed by atoms with van der Waals surface area (Å²) in [5, 5.41) is 6.76. The lowest BCUT2D eigenvalue weighted by molar-refractivity contribution is 0.100. The molecule has 1 aromatic carbocycles. The van der Waals surface area contributed by atoms with Crippen LogP contribution < -0.4 is 16.6 Å². The maximum absolute atomic E-state index is 12.5. The molecule has 0 spiro atoms. The summed E-state index contributed by atoms with van der Waals surface area (Å²) in [6, 6.07) is 5.26. The van der Waals surface area contributed by atoms with Gasteiger partial charge in [0.25, 0.3) is 5.56 Å². The van der Waals surface area contributed by atoms with E-state index in [2.05, 4.69) is 10.4 Å². The number of piperidine rings is 1. The molecule has 1 fully saturated rings. The van der Waals surface area contributed by atoms with Crippen LogP contribution in [0.15, 0.2) is 23.0 Å². The molecule has 3 rings (SSSR count). The number of halogens is 1. The van der Waals surface area contributed by atoms with Gasteiger partial charge in [0.15, 0.2) is 0 Å². The predicted molar refractivity (Wildman–Crippen MR) is 79.5 cm³/mol. The zero-order chi connectivity index (χ0) is 13.4. The lowest BCUT2D eigenvalue weighted by Gasteiger charge is -2.22. The number of hydrogen-bond acceptors (Lipinski definition) is 3. The first-order valence-electron chi connectivity index (χ1n) is 6.42. The minimum atomic E-state index is -0.570. The molecule has 1 aliphatic rings. The molecule has 108 valence electrons. The van der Waals surface area contributed by atoms with Crippen LogP contribution in [0.3, 0.4) is 0 Å². The highest BCUT2D eigenvalue weighted by atomic mass is 35.5. The number of carbonyl (C=O) groups excluding carboxylic acids is 1. The largest absolute Gasteiger partial charge is 0.366 e. The van der Waals surface area contributed by atoms with Crippen molar-refractivity contribution < 1.29 is 4.79 Å². The van der Waals surface area contributed by atoms with E-state index < -0.39 is 5.91 Å². The maximum atomic E-state index is 12.5. The van der Waals surface area contributed by atoms with Crippen molar-refractivity contribution in [2.75, 3.05) is 13.1 Å². The van der Waals surface area contributed by atoms with Crippen molar-refractivity contribution in [2.24, 2.45) is 5.73 Å². The number of rotatable bonds is 2. The summed E-state index contributed by atoms with van der Waals surface area (Å²) in [6.07, 6.45) is 1.80. The fourth-order valence-corrected chi connectivity index (χ4v) is 2.70. The van der Waals surface area contributed by atoms with Crippen LogP contribution in [-0.2, 0) is 0 Å².